The Kier molecular flexibility index (Phi) is 4.94. The van der Waals surface area contributed by atoms with E-state index in [1.54, 1.807) is 25.8 Å². The second kappa shape index (κ2) is 7.69. The van der Waals surface area contributed by atoms with E-state index in [2.05, 4.69) is 15.3 Å². The molecule has 28 heavy (non-hydrogen) atoms. The van der Waals surface area contributed by atoms with E-state index in [-0.39, 0.29) is 0 Å². The Morgan fingerprint density at radius 2 is 1.75 bits per heavy atom. The molecular weight excluding hydrogens is 376 g/mol. The summed E-state index contributed by atoms with van der Waals surface area (Å²) in [6.45, 7) is 0. The summed E-state index contributed by atoms with van der Waals surface area (Å²) < 4.78 is 17.6. The van der Waals surface area contributed by atoms with Crippen LogP contribution in [-0.2, 0) is 0 Å². The zero-order chi connectivity index (χ0) is 19.5. The van der Waals surface area contributed by atoms with Crippen LogP contribution in [0.3, 0.4) is 0 Å². The highest BCUT2D eigenvalue weighted by Gasteiger charge is 2.13. The minimum Gasteiger partial charge on any atom is -0.497 e. The van der Waals surface area contributed by atoms with Crippen molar-refractivity contribution < 1.29 is 14.2 Å². The van der Waals surface area contributed by atoms with Crippen LogP contribution in [0.15, 0.2) is 42.5 Å². The summed E-state index contributed by atoms with van der Waals surface area (Å²) >= 11 is 1.46. The smallest absolute Gasteiger partial charge is 0.235 e. The van der Waals surface area contributed by atoms with Gasteiger partial charge in [0, 0.05) is 5.56 Å². The molecule has 0 atom stereocenters. The normalized spacial score (nSPS) is 11.2. The van der Waals surface area contributed by atoms with E-state index in [1.807, 2.05) is 54.6 Å². The molecule has 0 amide bonds. The van der Waals surface area contributed by atoms with Gasteiger partial charge in [0.05, 0.1) is 21.3 Å². The van der Waals surface area contributed by atoms with Crippen molar-refractivity contribution in [2.75, 3.05) is 21.3 Å². The van der Waals surface area contributed by atoms with E-state index in [1.165, 1.54) is 11.3 Å². The maximum atomic E-state index is 5.34. The van der Waals surface area contributed by atoms with E-state index >= 15 is 0 Å². The topological polar surface area (TPSA) is 70.8 Å². The molecule has 0 aliphatic heterocycles. The Bertz CT molecular complexity index is 1150. The fourth-order valence-electron chi connectivity index (χ4n) is 2.77. The minimum absolute atomic E-state index is 0.677. The van der Waals surface area contributed by atoms with Crippen LogP contribution in [0.2, 0.25) is 0 Å². The van der Waals surface area contributed by atoms with Gasteiger partial charge in [-0.25, -0.2) is 0 Å². The summed E-state index contributed by atoms with van der Waals surface area (Å²) in [5, 5.41) is 13.9. The Hall–Kier alpha value is -3.39. The van der Waals surface area contributed by atoms with Crippen LogP contribution in [0.5, 0.6) is 17.2 Å². The average Bonchev–Trinajstić information content (AvgIpc) is 3.32. The summed E-state index contributed by atoms with van der Waals surface area (Å²) in [4.78, 5) is 0.727. The van der Waals surface area contributed by atoms with Gasteiger partial charge >= 0.3 is 0 Å². The number of benzene rings is 2. The van der Waals surface area contributed by atoms with Gasteiger partial charge in [-0.15, -0.1) is 10.2 Å². The largest absolute Gasteiger partial charge is 0.497 e. The van der Waals surface area contributed by atoms with Gasteiger partial charge < -0.3 is 14.2 Å². The fraction of sp³-hybridized carbons (Fsp3) is 0.150. The number of fused-ring (bicyclic) bond motifs is 1. The van der Waals surface area contributed by atoms with Gasteiger partial charge in [0.1, 0.15) is 10.8 Å². The Morgan fingerprint density at radius 3 is 2.54 bits per heavy atom. The van der Waals surface area contributed by atoms with Crippen LogP contribution < -0.4 is 14.2 Å². The zero-order valence-electron chi connectivity index (χ0n) is 15.6. The molecule has 7 nitrogen and oxygen atoms in total. The number of ether oxygens (including phenoxy) is 3. The van der Waals surface area contributed by atoms with Crippen molar-refractivity contribution in [1.82, 2.24) is 19.8 Å². The van der Waals surface area contributed by atoms with Crippen LogP contribution in [-0.4, -0.2) is 41.1 Å². The van der Waals surface area contributed by atoms with Gasteiger partial charge in [-0.3, -0.25) is 0 Å². The van der Waals surface area contributed by atoms with E-state index < -0.39 is 0 Å². The highest BCUT2D eigenvalue weighted by Crippen LogP contribution is 2.29. The number of nitrogens with zero attached hydrogens (tertiary/aromatic N) is 4. The first kappa shape index (κ1) is 18.0. The van der Waals surface area contributed by atoms with Crippen molar-refractivity contribution in [2.24, 2.45) is 0 Å². The molecule has 0 spiro atoms. The summed E-state index contributed by atoms with van der Waals surface area (Å²) in [6, 6.07) is 13.4. The van der Waals surface area contributed by atoms with Crippen molar-refractivity contribution in [3.63, 3.8) is 0 Å². The van der Waals surface area contributed by atoms with Crippen molar-refractivity contribution in [1.29, 1.82) is 0 Å². The molecule has 0 aliphatic carbocycles. The molecule has 4 aromatic rings. The molecule has 0 bridgehead atoms. The molecule has 0 saturated heterocycles. The second-order valence-corrected chi connectivity index (χ2v) is 6.83. The lowest BCUT2D eigenvalue weighted by atomic mass is 10.2. The first-order chi connectivity index (χ1) is 13.7. The number of hydrogen-bond acceptors (Lipinski definition) is 7. The third-order valence-electron chi connectivity index (χ3n) is 4.16. The Morgan fingerprint density at radius 1 is 0.893 bits per heavy atom. The van der Waals surface area contributed by atoms with Gasteiger partial charge in [0.25, 0.3) is 0 Å². The van der Waals surface area contributed by atoms with Gasteiger partial charge in [-0.1, -0.05) is 35.6 Å². The van der Waals surface area contributed by atoms with Crippen molar-refractivity contribution >= 4 is 28.4 Å². The van der Waals surface area contributed by atoms with Crippen LogP contribution in [0.1, 0.15) is 10.6 Å². The van der Waals surface area contributed by atoms with Gasteiger partial charge in [0.15, 0.2) is 17.3 Å². The number of aromatic nitrogens is 4. The van der Waals surface area contributed by atoms with Crippen LogP contribution in [0, 0.1) is 0 Å². The predicted molar refractivity (Wildman–Crippen MR) is 109 cm³/mol. The highest BCUT2D eigenvalue weighted by molar-refractivity contribution is 7.17. The monoisotopic (exact) mass is 394 g/mol. The van der Waals surface area contributed by atoms with Crippen LogP contribution in [0.4, 0.5) is 0 Å². The van der Waals surface area contributed by atoms with Crippen molar-refractivity contribution in [3.8, 4) is 28.6 Å². The summed E-state index contributed by atoms with van der Waals surface area (Å²) in [5.74, 6) is 2.82. The minimum atomic E-state index is 0.677. The summed E-state index contributed by atoms with van der Waals surface area (Å²) in [7, 11) is 4.87. The molecule has 0 saturated carbocycles. The van der Waals surface area contributed by atoms with E-state index in [4.69, 9.17) is 14.2 Å². The molecule has 142 valence electrons. The van der Waals surface area contributed by atoms with E-state index in [9.17, 15) is 0 Å². The SMILES string of the molecule is COc1cccc(-c2nnc3sc(/C=C\c4ccc(OC)c(OC)c4)nn23)c1. The molecule has 0 aliphatic rings. The van der Waals surface area contributed by atoms with Gasteiger partial charge in [0.2, 0.25) is 4.96 Å². The van der Waals surface area contributed by atoms with E-state index in [0.717, 1.165) is 26.8 Å². The van der Waals surface area contributed by atoms with E-state index in [0.29, 0.717) is 17.3 Å². The van der Waals surface area contributed by atoms with Gasteiger partial charge in [-0.05, 0) is 35.9 Å². The quantitative estimate of drug-likeness (QED) is 0.491. The predicted octanol–water partition coefficient (Wildman–Crippen LogP) is 4.05. The number of rotatable bonds is 6. The Labute approximate surface area is 165 Å². The van der Waals surface area contributed by atoms with Crippen molar-refractivity contribution in [2.45, 2.75) is 0 Å². The summed E-state index contributed by atoms with van der Waals surface area (Å²) in [5.41, 5.74) is 1.88. The van der Waals surface area contributed by atoms with Gasteiger partial charge in [-0.2, -0.15) is 9.61 Å². The third kappa shape index (κ3) is 3.41. The van der Waals surface area contributed by atoms with Crippen LogP contribution in [0.25, 0.3) is 28.5 Å². The number of hydrogen-bond donors (Lipinski definition) is 0. The molecule has 0 radical (unpaired) electrons. The highest BCUT2D eigenvalue weighted by atomic mass is 32.1. The molecule has 0 N–H and O–H groups in total. The molecular formula is C20H18N4O3S. The standard InChI is InChI=1S/C20H18N4O3S/c1-25-15-6-4-5-14(12-15)19-21-22-20-24(19)23-18(28-20)10-8-13-7-9-16(26-2)17(11-13)27-3/h4-12H,1-3H3/b10-8-. The molecule has 4 rings (SSSR count). The third-order valence-corrected chi connectivity index (χ3v) is 5.02. The molecule has 2 aromatic carbocycles. The average molecular weight is 394 g/mol. The lowest BCUT2D eigenvalue weighted by Crippen LogP contribution is -1.92. The van der Waals surface area contributed by atoms with Crippen LogP contribution >= 0.6 is 11.3 Å². The maximum absolute atomic E-state index is 5.34. The zero-order valence-corrected chi connectivity index (χ0v) is 16.4. The number of methoxy groups -OCH3 is 3. The molecule has 2 heterocycles. The first-order valence-electron chi connectivity index (χ1n) is 8.48. The lowest BCUT2D eigenvalue weighted by Gasteiger charge is -2.07. The Balaban J connectivity index is 1.64. The molecule has 2 aromatic heterocycles. The fourth-order valence-corrected chi connectivity index (χ4v) is 3.51. The lowest BCUT2D eigenvalue weighted by molar-refractivity contribution is 0.355. The summed E-state index contributed by atoms with van der Waals surface area (Å²) in [6.07, 6.45) is 3.91. The second-order valence-electron chi connectivity index (χ2n) is 5.84. The molecule has 0 unspecified atom stereocenters. The van der Waals surface area contributed by atoms with Crippen molar-refractivity contribution in [3.05, 3.63) is 53.0 Å². The molecule has 0 fully saturated rings. The maximum Gasteiger partial charge on any atom is 0.235 e. The molecule has 8 heteroatoms. The first-order valence-corrected chi connectivity index (χ1v) is 9.30.